The molecule has 0 aromatic heterocycles. The molecule has 1 rings (SSSR count). The fourth-order valence-electron chi connectivity index (χ4n) is 0.983. The summed E-state index contributed by atoms with van der Waals surface area (Å²) in [4.78, 5) is 10.2. The van der Waals surface area contributed by atoms with Crippen LogP contribution >= 0.6 is 0 Å². The number of hydrogen-bond acceptors (Lipinski definition) is 2. The van der Waals surface area contributed by atoms with Crippen molar-refractivity contribution in [2.75, 3.05) is 11.9 Å². The molecule has 0 unspecified atom stereocenters. The van der Waals surface area contributed by atoms with Gasteiger partial charge in [-0.25, -0.2) is 8.78 Å². The first-order valence-corrected chi connectivity index (χ1v) is 3.92. The molecule has 0 aliphatic rings. The number of nitrogens with one attached hydrogen (secondary N) is 1. The normalized spacial score (nSPS) is 9.93. The number of carbonyl (C=O) groups is 1. The fraction of sp³-hybridized carbons (Fsp3) is 0.222. The lowest BCUT2D eigenvalue weighted by Crippen LogP contribution is -2.14. The van der Waals surface area contributed by atoms with Crippen LogP contribution in [0.2, 0.25) is 0 Å². The first-order valence-electron chi connectivity index (χ1n) is 3.92. The monoisotopic (exact) mass is 201 g/mol. The van der Waals surface area contributed by atoms with Crippen molar-refractivity contribution in [3.05, 3.63) is 29.3 Å². The summed E-state index contributed by atoms with van der Waals surface area (Å²) in [6.45, 7) is 0.956. The summed E-state index contributed by atoms with van der Waals surface area (Å²) in [7, 11) is 0. The predicted molar refractivity (Wildman–Crippen MR) is 47.2 cm³/mol. The van der Waals surface area contributed by atoms with Gasteiger partial charge in [0.1, 0.15) is 18.0 Å². The van der Waals surface area contributed by atoms with Gasteiger partial charge in [0.2, 0.25) is 0 Å². The van der Waals surface area contributed by atoms with Crippen molar-refractivity contribution < 1.29 is 18.7 Å². The maximum Gasteiger partial charge on any atom is 0.322 e. The molecule has 3 nitrogen and oxygen atoms in total. The first kappa shape index (κ1) is 10.4. The molecule has 0 aliphatic heterocycles. The van der Waals surface area contributed by atoms with Crippen LogP contribution in [0.1, 0.15) is 5.56 Å². The van der Waals surface area contributed by atoms with E-state index in [-0.39, 0.29) is 5.56 Å². The van der Waals surface area contributed by atoms with Gasteiger partial charge in [-0.05, 0) is 18.6 Å². The number of hydrogen-bond donors (Lipinski definition) is 2. The van der Waals surface area contributed by atoms with Crippen LogP contribution in [-0.2, 0) is 4.79 Å². The van der Waals surface area contributed by atoms with E-state index in [1.54, 1.807) is 0 Å². The Hall–Kier alpha value is -1.65. The topological polar surface area (TPSA) is 49.3 Å². The Labute approximate surface area is 79.4 Å². The van der Waals surface area contributed by atoms with Crippen LogP contribution in [0.5, 0.6) is 0 Å². The zero-order valence-electron chi connectivity index (χ0n) is 7.47. The standard InChI is InChI=1S/C9H9F2NO2/c1-5-2-3-6(10)9(8(5)11)12-4-7(13)14/h2-3,12H,4H2,1H3,(H,13,14). The van der Waals surface area contributed by atoms with Crippen molar-refractivity contribution in [2.45, 2.75) is 6.92 Å². The molecule has 0 radical (unpaired) electrons. The fourth-order valence-corrected chi connectivity index (χ4v) is 0.983. The van der Waals surface area contributed by atoms with Gasteiger partial charge in [0.05, 0.1) is 0 Å². The van der Waals surface area contributed by atoms with Gasteiger partial charge >= 0.3 is 5.97 Å². The molecule has 0 heterocycles. The summed E-state index contributed by atoms with van der Waals surface area (Å²) in [5.41, 5.74) is -0.133. The molecule has 0 atom stereocenters. The van der Waals surface area contributed by atoms with Crippen LogP contribution in [0.15, 0.2) is 12.1 Å². The maximum atomic E-state index is 13.2. The van der Waals surface area contributed by atoms with E-state index in [9.17, 15) is 13.6 Å². The third-order valence-corrected chi connectivity index (χ3v) is 1.70. The van der Waals surface area contributed by atoms with Gasteiger partial charge in [-0.3, -0.25) is 4.79 Å². The molecule has 0 bridgehead atoms. The Morgan fingerprint density at radius 2 is 2.14 bits per heavy atom. The quantitative estimate of drug-likeness (QED) is 0.783. The third-order valence-electron chi connectivity index (χ3n) is 1.70. The molecule has 0 aliphatic carbocycles. The average molecular weight is 201 g/mol. The molecule has 0 saturated carbocycles. The van der Waals surface area contributed by atoms with Gasteiger partial charge in [-0.2, -0.15) is 0 Å². The lowest BCUT2D eigenvalue weighted by Gasteiger charge is -2.07. The highest BCUT2D eigenvalue weighted by molar-refractivity contribution is 5.73. The summed E-state index contributed by atoms with van der Waals surface area (Å²) in [6.07, 6.45) is 0. The van der Waals surface area contributed by atoms with Gasteiger partial charge in [-0.1, -0.05) is 6.07 Å². The molecular formula is C9H9F2NO2. The second kappa shape index (κ2) is 4.04. The molecular weight excluding hydrogens is 192 g/mol. The number of aryl methyl sites for hydroxylation is 1. The van der Waals surface area contributed by atoms with Gasteiger partial charge in [0, 0.05) is 0 Å². The molecule has 1 aromatic rings. The van der Waals surface area contributed by atoms with Crippen LogP contribution < -0.4 is 5.32 Å². The predicted octanol–water partition coefficient (Wildman–Crippen LogP) is 1.77. The minimum atomic E-state index is -1.18. The SMILES string of the molecule is Cc1ccc(F)c(NCC(=O)O)c1F. The lowest BCUT2D eigenvalue weighted by atomic mass is 10.2. The Balaban J connectivity index is 2.95. The van der Waals surface area contributed by atoms with Gasteiger partial charge in [0.15, 0.2) is 5.82 Å². The van der Waals surface area contributed by atoms with E-state index in [1.807, 2.05) is 0 Å². The minimum absolute atomic E-state index is 0.263. The Kier molecular flexibility index (Phi) is 3.01. The Morgan fingerprint density at radius 3 is 2.71 bits per heavy atom. The van der Waals surface area contributed by atoms with Crippen LogP contribution in [0.3, 0.4) is 0 Å². The smallest absolute Gasteiger partial charge is 0.322 e. The highest BCUT2D eigenvalue weighted by atomic mass is 19.1. The van der Waals surface area contributed by atoms with Crippen LogP contribution in [0, 0.1) is 18.6 Å². The van der Waals surface area contributed by atoms with E-state index in [4.69, 9.17) is 5.11 Å². The van der Waals surface area contributed by atoms with Crippen molar-refractivity contribution in [3.8, 4) is 0 Å². The van der Waals surface area contributed by atoms with Crippen molar-refractivity contribution in [2.24, 2.45) is 0 Å². The summed E-state index contributed by atoms with van der Waals surface area (Å²) >= 11 is 0. The van der Waals surface area contributed by atoms with E-state index in [2.05, 4.69) is 5.32 Å². The number of anilines is 1. The zero-order valence-corrected chi connectivity index (χ0v) is 7.47. The molecule has 2 N–H and O–H groups in total. The highest BCUT2D eigenvalue weighted by Gasteiger charge is 2.11. The summed E-state index contributed by atoms with van der Waals surface area (Å²) in [5, 5.41) is 10.5. The minimum Gasteiger partial charge on any atom is -0.480 e. The first-order chi connectivity index (χ1) is 6.52. The number of halogens is 2. The number of rotatable bonds is 3. The van der Waals surface area contributed by atoms with Crippen molar-refractivity contribution in [3.63, 3.8) is 0 Å². The Bertz CT molecular complexity index is 366. The second-order valence-corrected chi connectivity index (χ2v) is 2.80. The van der Waals surface area contributed by atoms with E-state index < -0.39 is 29.8 Å². The highest BCUT2D eigenvalue weighted by Crippen LogP contribution is 2.21. The number of aliphatic carboxylic acids is 1. The Morgan fingerprint density at radius 1 is 1.50 bits per heavy atom. The van der Waals surface area contributed by atoms with Crippen LogP contribution in [0.4, 0.5) is 14.5 Å². The summed E-state index contributed by atoms with van der Waals surface area (Å²) in [6, 6.07) is 2.37. The summed E-state index contributed by atoms with van der Waals surface area (Å²) in [5.74, 6) is -2.73. The van der Waals surface area contributed by atoms with Gasteiger partial charge in [-0.15, -0.1) is 0 Å². The number of benzene rings is 1. The zero-order chi connectivity index (χ0) is 10.7. The number of carboxylic acid groups (broad SMARTS) is 1. The molecule has 0 amide bonds. The molecule has 0 spiro atoms. The van der Waals surface area contributed by atoms with Crippen molar-refractivity contribution in [1.29, 1.82) is 0 Å². The third kappa shape index (κ3) is 2.18. The van der Waals surface area contributed by atoms with Crippen molar-refractivity contribution >= 4 is 11.7 Å². The molecule has 0 saturated heterocycles. The van der Waals surface area contributed by atoms with E-state index in [1.165, 1.54) is 13.0 Å². The van der Waals surface area contributed by atoms with E-state index >= 15 is 0 Å². The molecule has 76 valence electrons. The maximum absolute atomic E-state index is 13.2. The van der Waals surface area contributed by atoms with E-state index in [0.717, 1.165) is 6.07 Å². The van der Waals surface area contributed by atoms with E-state index in [0.29, 0.717) is 0 Å². The van der Waals surface area contributed by atoms with Crippen LogP contribution in [0.25, 0.3) is 0 Å². The number of carboxylic acids is 1. The molecule has 14 heavy (non-hydrogen) atoms. The molecule has 5 heteroatoms. The molecule has 1 aromatic carbocycles. The largest absolute Gasteiger partial charge is 0.480 e. The van der Waals surface area contributed by atoms with Gasteiger partial charge < -0.3 is 10.4 Å². The molecule has 0 fully saturated rings. The van der Waals surface area contributed by atoms with Crippen LogP contribution in [-0.4, -0.2) is 17.6 Å². The second-order valence-electron chi connectivity index (χ2n) is 2.80. The van der Waals surface area contributed by atoms with Crippen molar-refractivity contribution in [1.82, 2.24) is 0 Å². The lowest BCUT2D eigenvalue weighted by molar-refractivity contribution is -0.134. The van der Waals surface area contributed by atoms with Gasteiger partial charge in [0.25, 0.3) is 0 Å². The summed E-state index contributed by atoms with van der Waals surface area (Å²) < 4.78 is 26.2. The average Bonchev–Trinajstić information content (AvgIpc) is 2.11.